The van der Waals surface area contributed by atoms with Crippen LogP contribution in [0.2, 0.25) is 0 Å². The van der Waals surface area contributed by atoms with E-state index in [0.29, 0.717) is 50.1 Å². The Balaban J connectivity index is 1.30. The number of nitrogens with zero attached hydrogens (tertiary/aromatic N) is 1. The van der Waals surface area contributed by atoms with E-state index in [2.05, 4.69) is 10.6 Å². The van der Waals surface area contributed by atoms with Crippen molar-refractivity contribution in [3.8, 4) is 0 Å². The van der Waals surface area contributed by atoms with Crippen LogP contribution in [0.15, 0.2) is 78.9 Å². The minimum Gasteiger partial charge on any atom is -0.350 e. The van der Waals surface area contributed by atoms with Gasteiger partial charge in [-0.3, -0.25) is 14.4 Å². The topological polar surface area (TPSA) is 105 Å². The fourth-order valence-corrected chi connectivity index (χ4v) is 5.57. The molecule has 1 saturated heterocycles. The van der Waals surface area contributed by atoms with Gasteiger partial charge in [0.15, 0.2) is 6.29 Å². The molecule has 1 heterocycles. The summed E-state index contributed by atoms with van der Waals surface area (Å²) >= 11 is 0. The van der Waals surface area contributed by atoms with Crippen molar-refractivity contribution in [2.75, 3.05) is 19.6 Å². The highest BCUT2D eigenvalue weighted by molar-refractivity contribution is 6.00. The molecule has 2 atom stereocenters. The maximum absolute atomic E-state index is 13.7. The third-order valence-corrected chi connectivity index (χ3v) is 7.80. The Hall–Kier alpha value is -4.07. The second kappa shape index (κ2) is 12.9. The van der Waals surface area contributed by atoms with Crippen LogP contribution in [0, 0.1) is 0 Å². The zero-order valence-electron chi connectivity index (χ0n) is 22.6. The van der Waals surface area contributed by atoms with Crippen molar-refractivity contribution in [2.45, 2.75) is 44.3 Å². The summed E-state index contributed by atoms with van der Waals surface area (Å²) in [6.07, 6.45) is 3.91. The second-order valence-corrected chi connectivity index (χ2v) is 10.5. The lowest BCUT2D eigenvalue weighted by Crippen LogP contribution is -2.48. The Bertz CT molecular complexity index is 1520. The Morgan fingerprint density at radius 1 is 0.975 bits per heavy atom. The normalized spacial score (nSPS) is 17.6. The van der Waals surface area contributed by atoms with Crippen LogP contribution >= 0.6 is 0 Å². The van der Waals surface area contributed by atoms with Crippen LogP contribution in [-0.4, -0.2) is 54.7 Å². The van der Waals surface area contributed by atoms with Gasteiger partial charge >= 0.3 is 0 Å². The second-order valence-electron chi connectivity index (χ2n) is 10.5. The van der Waals surface area contributed by atoms with Crippen molar-refractivity contribution in [3.05, 3.63) is 95.6 Å². The number of carbonyl (C=O) groups excluding carboxylic acids is 3. The standard InChI is InChI=1S/C33H36N4O3/c34-17-6-5-11-31-33(40)37(21-27-15-13-24-8-3-4-10-29(24)30(27)22-38)18-16-28(36-31)20-35-32(39)26-14-12-23-7-1-2-9-25(23)19-26/h1-4,7-10,12-15,19,22,28,31,36H,5-6,11,16-18,20-21,34H2,(H,35,39)/t28-,31-/m0/s1. The number of rotatable bonds is 10. The van der Waals surface area contributed by atoms with Crippen LogP contribution in [0.5, 0.6) is 0 Å². The quantitative estimate of drug-likeness (QED) is 0.206. The van der Waals surface area contributed by atoms with Crippen molar-refractivity contribution in [1.82, 2.24) is 15.5 Å². The molecule has 0 spiro atoms. The highest BCUT2D eigenvalue weighted by Gasteiger charge is 2.31. The molecule has 1 aliphatic rings. The number of nitrogens with two attached hydrogens (primary N) is 1. The number of nitrogens with one attached hydrogen (secondary N) is 2. The molecule has 0 unspecified atom stereocenters. The maximum atomic E-state index is 13.7. The summed E-state index contributed by atoms with van der Waals surface area (Å²) in [6, 6.07) is 25.0. The number of aldehydes is 1. The summed E-state index contributed by atoms with van der Waals surface area (Å²) in [5.74, 6) is -0.114. The zero-order valence-corrected chi connectivity index (χ0v) is 22.6. The van der Waals surface area contributed by atoms with Gasteiger partial charge in [0.2, 0.25) is 5.91 Å². The Kier molecular flexibility index (Phi) is 8.84. The van der Waals surface area contributed by atoms with Crippen LogP contribution in [0.25, 0.3) is 21.5 Å². The summed E-state index contributed by atoms with van der Waals surface area (Å²) < 4.78 is 0. The first kappa shape index (κ1) is 27.5. The molecule has 7 heteroatoms. The van der Waals surface area contributed by atoms with Crippen LogP contribution in [0.3, 0.4) is 0 Å². The Labute approximate surface area is 234 Å². The summed E-state index contributed by atoms with van der Waals surface area (Å²) in [5, 5.41) is 10.6. The molecule has 4 N–H and O–H groups in total. The van der Waals surface area contributed by atoms with Gasteiger partial charge in [0.05, 0.1) is 6.04 Å². The first-order valence-corrected chi connectivity index (χ1v) is 14.0. The van der Waals surface area contributed by atoms with Crippen molar-refractivity contribution in [1.29, 1.82) is 0 Å². The van der Waals surface area contributed by atoms with Crippen molar-refractivity contribution < 1.29 is 14.4 Å². The van der Waals surface area contributed by atoms with Crippen LogP contribution in [-0.2, 0) is 11.3 Å². The van der Waals surface area contributed by atoms with Crippen LogP contribution in [0.1, 0.15) is 52.0 Å². The predicted octanol–water partition coefficient (Wildman–Crippen LogP) is 4.42. The number of fused-ring (bicyclic) bond motifs is 2. The van der Waals surface area contributed by atoms with E-state index in [1.54, 1.807) is 0 Å². The van der Waals surface area contributed by atoms with Crippen LogP contribution < -0.4 is 16.4 Å². The van der Waals surface area contributed by atoms with Gasteiger partial charge in [-0.05, 0) is 65.0 Å². The summed E-state index contributed by atoms with van der Waals surface area (Å²) in [5.41, 5.74) is 7.80. The Morgan fingerprint density at radius 3 is 2.52 bits per heavy atom. The molecule has 7 nitrogen and oxygen atoms in total. The molecule has 0 aliphatic carbocycles. The molecule has 2 amide bonds. The number of hydrogen-bond donors (Lipinski definition) is 3. The van der Waals surface area contributed by atoms with E-state index in [1.807, 2.05) is 83.8 Å². The van der Waals surface area contributed by atoms with Gasteiger partial charge in [-0.2, -0.15) is 0 Å². The van der Waals surface area contributed by atoms with Gasteiger partial charge in [-0.25, -0.2) is 0 Å². The zero-order chi connectivity index (χ0) is 27.9. The number of unbranched alkanes of at least 4 members (excludes halogenated alkanes) is 1. The van der Waals surface area contributed by atoms with Crippen molar-refractivity contribution >= 4 is 39.6 Å². The average molecular weight is 537 g/mol. The molecule has 4 aromatic carbocycles. The van der Waals surface area contributed by atoms with E-state index in [4.69, 9.17) is 5.73 Å². The molecule has 4 aromatic rings. The van der Waals surface area contributed by atoms with Gasteiger partial charge in [0, 0.05) is 36.8 Å². The van der Waals surface area contributed by atoms with Gasteiger partial charge < -0.3 is 21.3 Å². The van der Waals surface area contributed by atoms with E-state index in [0.717, 1.165) is 46.2 Å². The smallest absolute Gasteiger partial charge is 0.251 e. The van der Waals surface area contributed by atoms with E-state index in [9.17, 15) is 14.4 Å². The molecule has 5 rings (SSSR count). The lowest BCUT2D eigenvalue weighted by atomic mass is 9.99. The monoisotopic (exact) mass is 536 g/mol. The summed E-state index contributed by atoms with van der Waals surface area (Å²) in [6.45, 7) is 1.88. The van der Waals surface area contributed by atoms with Crippen LogP contribution in [0.4, 0.5) is 0 Å². The molecule has 0 aromatic heterocycles. The molecule has 0 saturated carbocycles. The number of carbonyl (C=O) groups is 3. The largest absolute Gasteiger partial charge is 0.350 e. The van der Waals surface area contributed by atoms with E-state index in [1.165, 1.54) is 0 Å². The first-order valence-electron chi connectivity index (χ1n) is 14.0. The average Bonchev–Trinajstić information content (AvgIpc) is 3.13. The van der Waals surface area contributed by atoms with Crippen molar-refractivity contribution in [3.63, 3.8) is 0 Å². The van der Waals surface area contributed by atoms with Crippen molar-refractivity contribution in [2.24, 2.45) is 5.73 Å². The molecular formula is C33H36N4O3. The van der Waals surface area contributed by atoms with Gasteiger partial charge in [0.25, 0.3) is 5.91 Å². The minimum absolute atomic E-state index is 0.0189. The number of hydrogen-bond acceptors (Lipinski definition) is 5. The fourth-order valence-electron chi connectivity index (χ4n) is 5.57. The highest BCUT2D eigenvalue weighted by atomic mass is 16.2. The fraction of sp³-hybridized carbons (Fsp3) is 0.303. The van der Waals surface area contributed by atoms with Gasteiger partial charge in [-0.1, -0.05) is 73.2 Å². The van der Waals surface area contributed by atoms with E-state index >= 15 is 0 Å². The number of benzene rings is 4. The van der Waals surface area contributed by atoms with Gasteiger partial charge in [0.1, 0.15) is 0 Å². The third-order valence-electron chi connectivity index (χ3n) is 7.80. The number of amides is 2. The molecule has 40 heavy (non-hydrogen) atoms. The maximum Gasteiger partial charge on any atom is 0.251 e. The minimum atomic E-state index is -0.378. The molecular weight excluding hydrogens is 500 g/mol. The lowest BCUT2D eigenvalue weighted by molar-refractivity contribution is -0.133. The molecule has 206 valence electrons. The van der Waals surface area contributed by atoms with E-state index in [-0.39, 0.29) is 23.9 Å². The molecule has 0 bridgehead atoms. The highest BCUT2D eigenvalue weighted by Crippen LogP contribution is 2.24. The first-order chi connectivity index (χ1) is 19.6. The predicted molar refractivity (Wildman–Crippen MR) is 159 cm³/mol. The SMILES string of the molecule is NCCCC[C@@H]1N[C@H](CNC(=O)c2ccc3ccccc3c2)CCN(Cc2ccc3ccccc3c2C=O)C1=O. The van der Waals surface area contributed by atoms with Gasteiger partial charge in [-0.15, -0.1) is 0 Å². The molecule has 1 fully saturated rings. The molecule has 1 aliphatic heterocycles. The molecule has 0 radical (unpaired) electrons. The summed E-state index contributed by atoms with van der Waals surface area (Å²) in [4.78, 5) is 40.6. The third kappa shape index (κ3) is 6.22. The summed E-state index contributed by atoms with van der Waals surface area (Å²) in [7, 11) is 0. The Morgan fingerprint density at radius 2 is 1.73 bits per heavy atom. The lowest BCUT2D eigenvalue weighted by Gasteiger charge is -2.25. The van der Waals surface area contributed by atoms with E-state index < -0.39 is 0 Å².